The van der Waals surface area contributed by atoms with Gasteiger partial charge in [0.1, 0.15) is 11.4 Å². The Morgan fingerprint density at radius 3 is 2.91 bits per heavy atom. The van der Waals surface area contributed by atoms with E-state index in [-0.39, 0.29) is 12.3 Å². The fourth-order valence-electron chi connectivity index (χ4n) is 2.59. The summed E-state index contributed by atoms with van der Waals surface area (Å²) in [7, 11) is 1.88. The predicted octanol–water partition coefficient (Wildman–Crippen LogP) is 2.79. The molecule has 3 aromatic rings. The topological polar surface area (TPSA) is 60.1 Å². The summed E-state index contributed by atoms with van der Waals surface area (Å²) in [6.45, 7) is 2.97. The van der Waals surface area contributed by atoms with Crippen molar-refractivity contribution in [1.29, 1.82) is 0 Å². The molecule has 0 fully saturated rings. The number of aromatic nitrogens is 2. The molecular formula is C17H19N3O2. The van der Waals surface area contributed by atoms with Crippen molar-refractivity contribution in [2.45, 2.75) is 26.4 Å². The summed E-state index contributed by atoms with van der Waals surface area (Å²) in [5.41, 5.74) is 1.74. The maximum absolute atomic E-state index is 12.5. The predicted molar refractivity (Wildman–Crippen MR) is 84.9 cm³/mol. The van der Waals surface area contributed by atoms with E-state index in [1.54, 1.807) is 6.07 Å². The Morgan fingerprint density at radius 2 is 2.18 bits per heavy atom. The second-order valence-corrected chi connectivity index (χ2v) is 5.21. The van der Waals surface area contributed by atoms with Crippen LogP contribution >= 0.6 is 0 Å². The van der Waals surface area contributed by atoms with Gasteiger partial charge in [0.25, 0.3) is 0 Å². The number of fused-ring (bicyclic) bond motifs is 1. The normalized spacial score (nSPS) is 11.2. The Labute approximate surface area is 129 Å². The number of para-hydroxylation sites is 1. The molecule has 2 heterocycles. The number of rotatable bonds is 6. The zero-order valence-corrected chi connectivity index (χ0v) is 12.8. The number of furan rings is 1. The van der Waals surface area contributed by atoms with Gasteiger partial charge >= 0.3 is 0 Å². The number of Topliss-reactive ketones (excluding diaryl/α,β-unsaturated/α-hetero) is 1. The summed E-state index contributed by atoms with van der Waals surface area (Å²) in [6.07, 6.45) is 2.61. The van der Waals surface area contributed by atoms with Gasteiger partial charge in [-0.3, -0.25) is 4.79 Å². The van der Waals surface area contributed by atoms with Crippen molar-refractivity contribution in [2.75, 3.05) is 7.05 Å². The van der Waals surface area contributed by atoms with Gasteiger partial charge in [-0.25, -0.2) is 4.98 Å². The maximum Gasteiger partial charge on any atom is 0.217 e. The molecule has 1 N–H and O–H groups in total. The Morgan fingerprint density at radius 1 is 1.36 bits per heavy atom. The molecule has 3 rings (SSSR count). The summed E-state index contributed by atoms with van der Waals surface area (Å²) in [6, 6.07) is 9.44. The second-order valence-electron chi connectivity index (χ2n) is 5.21. The third-order valence-corrected chi connectivity index (χ3v) is 3.70. The van der Waals surface area contributed by atoms with E-state index in [4.69, 9.17) is 4.42 Å². The van der Waals surface area contributed by atoms with Crippen LogP contribution in [0.2, 0.25) is 0 Å². The number of carbonyl (C=O) groups excluding carboxylic acids is 1. The first-order chi connectivity index (χ1) is 10.7. The summed E-state index contributed by atoms with van der Waals surface area (Å²) in [5, 5.41) is 4.05. The zero-order valence-electron chi connectivity index (χ0n) is 12.8. The minimum Gasteiger partial charge on any atom is -0.453 e. The van der Waals surface area contributed by atoms with E-state index in [0.717, 1.165) is 28.9 Å². The van der Waals surface area contributed by atoms with Crippen LogP contribution in [0.25, 0.3) is 11.0 Å². The molecule has 0 aliphatic heterocycles. The quantitative estimate of drug-likeness (QED) is 0.711. The first-order valence-electron chi connectivity index (χ1n) is 7.42. The Kier molecular flexibility index (Phi) is 4.06. The van der Waals surface area contributed by atoms with Gasteiger partial charge in [-0.2, -0.15) is 0 Å². The average Bonchev–Trinajstić information content (AvgIpc) is 3.12. The number of carbonyl (C=O) groups is 1. The number of ketones is 1. The highest BCUT2D eigenvalue weighted by Gasteiger charge is 2.16. The zero-order chi connectivity index (χ0) is 15.5. The molecule has 0 atom stereocenters. The van der Waals surface area contributed by atoms with E-state index in [0.29, 0.717) is 12.3 Å². The molecule has 5 nitrogen and oxygen atoms in total. The summed E-state index contributed by atoms with van der Waals surface area (Å²) < 4.78 is 7.62. The number of hydrogen-bond acceptors (Lipinski definition) is 4. The van der Waals surface area contributed by atoms with Gasteiger partial charge in [0.05, 0.1) is 12.2 Å². The van der Waals surface area contributed by atoms with Crippen molar-refractivity contribution in [3.05, 3.63) is 53.8 Å². The van der Waals surface area contributed by atoms with Gasteiger partial charge in [-0.05, 0) is 19.2 Å². The first kappa shape index (κ1) is 14.5. The van der Waals surface area contributed by atoms with Gasteiger partial charge in [0, 0.05) is 24.5 Å². The van der Waals surface area contributed by atoms with Crippen LogP contribution in [0.15, 0.2) is 40.9 Å². The van der Waals surface area contributed by atoms with Crippen LogP contribution in [0.5, 0.6) is 0 Å². The summed E-state index contributed by atoms with van der Waals surface area (Å²) in [5.74, 6) is 1.27. The Balaban J connectivity index is 1.89. The third-order valence-electron chi connectivity index (χ3n) is 3.70. The van der Waals surface area contributed by atoms with Crippen LogP contribution in [0.3, 0.4) is 0 Å². The lowest BCUT2D eigenvalue weighted by Gasteiger charge is -2.09. The molecule has 2 aromatic heterocycles. The van der Waals surface area contributed by atoms with E-state index in [1.807, 2.05) is 49.0 Å². The Hall–Kier alpha value is -2.40. The molecule has 0 saturated carbocycles. The van der Waals surface area contributed by atoms with Crippen molar-refractivity contribution in [3.63, 3.8) is 0 Å². The van der Waals surface area contributed by atoms with Gasteiger partial charge in [0.15, 0.2) is 5.76 Å². The third kappa shape index (κ3) is 2.67. The molecule has 114 valence electrons. The molecule has 1 aromatic carbocycles. The molecule has 22 heavy (non-hydrogen) atoms. The maximum atomic E-state index is 12.5. The lowest BCUT2D eigenvalue weighted by molar-refractivity contribution is 0.0945. The molecule has 5 heteroatoms. The molecule has 0 spiro atoms. The van der Waals surface area contributed by atoms with E-state index in [1.165, 1.54) is 0 Å². The molecule has 0 unspecified atom stereocenters. The number of nitrogens with one attached hydrogen (secondary N) is 1. The Bertz CT molecular complexity index is 768. The fourth-order valence-corrected chi connectivity index (χ4v) is 2.59. The van der Waals surface area contributed by atoms with Crippen LogP contribution in [0.1, 0.15) is 29.0 Å². The lowest BCUT2D eigenvalue weighted by Crippen LogP contribution is -2.17. The molecule has 0 aliphatic rings. The highest BCUT2D eigenvalue weighted by Crippen LogP contribution is 2.20. The fraction of sp³-hybridized carbons (Fsp3) is 0.294. The van der Waals surface area contributed by atoms with E-state index >= 15 is 0 Å². The average molecular weight is 297 g/mol. The van der Waals surface area contributed by atoms with Crippen molar-refractivity contribution >= 4 is 16.8 Å². The van der Waals surface area contributed by atoms with Crippen molar-refractivity contribution in [3.8, 4) is 0 Å². The lowest BCUT2D eigenvalue weighted by atomic mass is 10.2. The van der Waals surface area contributed by atoms with Crippen LogP contribution in [0.4, 0.5) is 0 Å². The van der Waals surface area contributed by atoms with Crippen molar-refractivity contribution in [2.24, 2.45) is 0 Å². The molecule has 0 aliphatic carbocycles. The number of aryl methyl sites for hydroxylation is 1. The number of nitrogens with zero attached hydrogens (tertiary/aromatic N) is 2. The monoisotopic (exact) mass is 297 g/mol. The minimum absolute atomic E-state index is 0.0405. The van der Waals surface area contributed by atoms with Crippen molar-refractivity contribution in [1.82, 2.24) is 14.9 Å². The van der Waals surface area contributed by atoms with E-state index < -0.39 is 0 Å². The standard InChI is InChI=1S/C17H19N3O2/c1-3-17-19-10-13(9-18-2)20(17)11-14(21)16-8-12-6-4-5-7-15(12)22-16/h4-8,10,18H,3,9,11H2,1-2H3. The minimum atomic E-state index is -0.0405. The largest absolute Gasteiger partial charge is 0.453 e. The van der Waals surface area contributed by atoms with Crippen LogP contribution in [-0.4, -0.2) is 22.4 Å². The van der Waals surface area contributed by atoms with E-state index in [9.17, 15) is 4.79 Å². The number of hydrogen-bond donors (Lipinski definition) is 1. The molecule has 0 radical (unpaired) electrons. The summed E-state index contributed by atoms with van der Waals surface area (Å²) in [4.78, 5) is 16.9. The number of benzene rings is 1. The smallest absolute Gasteiger partial charge is 0.217 e. The molecular weight excluding hydrogens is 278 g/mol. The molecule has 0 amide bonds. The van der Waals surface area contributed by atoms with Gasteiger partial charge in [-0.15, -0.1) is 0 Å². The van der Waals surface area contributed by atoms with Gasteiger partial charge < -0.3 is 14.3 Å². The summed E-state index contributed by atoms with van der Waals surface area (Å²) >= 11 is 0. The SMILES string of the molecule is CCc1ncc(CNC)n1CC(=O)c1cc2ccccc2o1. The first-order valence-corrected chi connectivity index (χ1v) is 7.42. The van der Waals surface area contributed by atoms with Crippen LogP contribution in [-0.2, 0) is 19.5 Å². The van der Waals surface area contributed by atoms with Crippen LogP contribution < -0.4 is 5.32 Å². The molecule has 0 saturated heterocycles. The number of imidazole rings is 1. The van der Waals surface area contributed by atoms with Crippen LogP contribution in [0, 0.1) is 0 Å². The van der Waals surface area contributed by atoms with Gasteiger partial charge in [0.2, 0.25) is 5.78 Å². The van der Waals surface area contributed by atoms with E-state index in [2.05, 4.69) is 10.3 Å². The molecule has 0 bridgehead atoms. The highest BCUT2D eigenvalue weighted by molar-refractivity contribution is 5.97. The highest BCUT2D eigenvalue weighted by atomic mass is 16.3. The second kappa shape index (κ2) is 6.15. The van der Waals surface area contributed by atoms with Gasteiger partial charge in [-0.1, -0.05) is 25.1 Å². The van der Waals surface area contributed by atoms with Crippen molar-refractivity contribution < 1.29 is 9.21 Å².